The summed E-state index contributed by atoms with van der Waals surface area (Å²) in [5, 5.41) is 11.5. The first-order valence-electron chi connectivity index (χ1n) is 9.09. The van der Waals surface area contributed by atoms with E-state index in [0.29, 0.717) is 11.4 Å². The zero-order valence-corrected chi connectivity index (χ0v) is 15.3. The predicted molar refractivity (Wildman–Crippen MR) is 102 cm³/mol. The molecule has 7 heteroatoms. The van der Waals surface area contributed by atoms with Crippen LogP contribution in [0.1, 0.15) is 15.9 Å². The minimum Gasteiger partial charge on any atom is -0.336 e. The maximum absolute atomic E-state index is 12.9. The van der Waals surface area contributed by atoms with Gasteiger partial charge in [0.1, 0.15) is 0 Å². The van der Waals surface area contributed by atoms with Crippen molar-refractivity contribution in [2.24, 2.45) is 7.05 Å². The summed E-state index contributed by atoms with van der Waals surface area (Å²) in [7, 11) is 1.79. The minimum absolute atomic E-state index is 0.0614. The van der Waals surface area contributed by atoms with Crippen molar-refractivity contribution in [3.63, 3.8) is 0 Å². The molecule has 0 atom stereocenters. The number of hydrogen-bond acceptors (Lipinski definition) is 5. The maximum atomic E-state index is 12.9. The molecule has 0 N–H and O–H groups in total. The number of nitrogens with zero attached hydrogens (tertiary/aromatic N) is 6. The lowest BCUT2D eigenvalue weighted by Gasteiger charge is -2.34. The van der Waals surface area contributed by atoms with Crippen LogP contribution in [-0.4, -0.2) is 62.1 Å². The number of amides is 1. The summed E-state index contributed by atoms with van der Waals surface area (Å²) in [5.41, 5.74) is 2.82. The zero-order chi connectivity index (χ0) is 18.6. The number of rotatable bonds is 4. The Labute approximate surface area is 158 Å². The van der Waals surface area contributed by atoms with Gasteiger partial charge in [-0.15, -0.1) is 5.10 Å². The molecule has 0 unspecified atom stereocenters. The number of piperazine rings is 1. The fraction of sp³-hybridized carbons (Fsp3) is 0.300. The first-order chi connectivity index (χ1) is 13.2. The van der Waals surface area contributed by atoms with Crippen LogP contribution in [0.5, 0.6) is 0 Å². The third kappa shape index (κ3) is 3.88. The van der Waals surface area contributed by atoms with Crippen LogP contribution in [0, 0.1) is 0 Å². The summed E-state index contributed by atoms with van der Waals surface area (Å²) in [4.78, 5) is 17.2. The average Bonchev–Trinajstić information content (AvgIpc) is 3.15. The van der Waals surface area contributed by atoms with Crippen LogP contribution in [0.2, 0.25) is 0 Å². The Hall–Kier alpha value is -3.06. The molecule has 138 valence electrons. The van der Waals surface area contributed by atoms with E-state index in [-0.39, 0.29) is 5.91 Å². The Balaban J connectivity index is 1.40. The van der Waals surface area contributed by atoms with Gasteiger partial charge in [0.05, 0.1) is 0 Å². The van der Waals surface area contributed by atoms with Crippen molar-refractivity contribution in [2.75, 3.05) is 26.2 Å². The van der Waals surface area contributed by atoms with Gasteiger partial charge in [-0.1, -0.05) is 42.5 Å². The lowest BCUT2D eigenvalue weighted by molar-refractivity contribution is 0.0628. The van der Waals surface area contributed by atoms with Crippen molar-refractivity contribution in [3.8, 4) is 11.4 Å². The van der Waals surface area contributed by atoms with Crippen LogP contribution in [0.3, 0.4) is 0 Å². The molecule has 1 amide bonds. The molecule has 2 heterocycles. The van der Waals surface area contributed by atoms with Gasteiger partial charge >= 0.3 is 0 Å². The van der Waals surface area contributed by atoms with Gasteiger partial charge in [-0.25, -0.2) is 4.68 Å². The summed E-state index contributed by atoms with van der Waals surface area (Å²) in [6.45, 7) is 4.17. The largest absolute Gasteiger partial charge is 0.336 e. The fourth-order valence-corrected chi connectivity index (χ4v) is 3.40. The van der Waals surface area contributed by atoms with Gasteiger partial charge in [0, 0.05) is 50.9 Å². The van der Waals surface area contributed by atoms with E-state index in [1.54, 1.807) is 11.7 Å². The molecular formula is C20H22N6O. The normalized spacial score (nSPS) is 15.1. The standard InChI is InChI=1S/C20H22N6O/c1-24-19(21-22-23-24)17-8-5-9-18(14-17)20(27)26-12-10-25(11-13-26)15-16-6-3-2-4-7-16/h2-9,14H,10-13,15H2,1H3. The first-order valence-corrected chi connectivity index (χ1v) is 9.09. The third-order valence-electron chi connectivity index (χ3n) is 4.90. The lowest BCUT2D eigenvalue weighted by atomic mass is 10.1. The number of carbonyl (C=O) groups excluding carboxylic acids is 1. The van der Waals surface area contributed by atoms with E-state index in [4.69, 9.17) is 0 Å². The number of hydrogen-bond donors (Lipinski definition) is 0. The van der Waals surface area contributed by atoms with Crippen molar-refractivity contribution < 1.29 is 4.79 Å². The third-order valence-corrected chi connectivity index (χ3v) is 4.90. The molecule has 1 fully saturated rings. The van der Waals surface area contributed by atoms with Crippen molar-refractivity contribution >= 4 is 5.91 Å². The Bertz CT molecular complexity index is 915. The first kappa shape index (κ1) is 17.4. The van der Waals surface area contributed by atoms with E-state index < -0.39 is 0 Å². The molecule has 1 aliphatic heterocycles. The maximum Gasteiger partial charge on any atom is 0.253 e. The van der Waals surface area contributed by atoms with Crippen LogP contribution in [0.4, 0.5) is 0 Å². The molecular weight excluding hydrogens is 340 g/mol. The van der Waals surface area contributed by atoms with Gasteiger partial charge in [0.25, 0.3) is 5.91 Å². The molecule has 0 bridgehead atoms. The van der Waals surface area contributed by atoms with Crippen molar-refractivity contribution in [1.29, 1.82) is 0 Å². The SMILES string of the molecule is Cn1nnnc1-c1cccc(C(=O)N2CCN(Cc3ccccc3)CC2)c1. The zero-order valence-electron chi connectivity index (χ0n) is 15.3. The molecule has 3 aromatic rings. The highest BCUT2D eigenvalue weighted by Crippen LogP contribution is 2.18. The van der Waals surface area contributed by atoms with Gasteiger partial charge in [0.2, 0.25) is 0 Å². The molecule has 1 saturated heterocycles. The second-order valence-electron chi connectivity index (χ2n) is 6.76. The molecule has 0 saturated carbocycles. The second kappa shape index (κ2) is 7.67. The van der Waals surface area contributed by atoms with E-state index in [1.807, 2.05) is 35.2 Å². The molecule has 7 nitrogen and oxygen atoms in total. The van der Waals surface area contributed by atoms with E-state index in [1.165, 1.54) is 5.56 Å². The summed E-state index contributed by atoms with van der Waals surface area (Å²) in [6.07, 6.45) is 0. The van der Waals surface area contributed by atoms with Crippen LogP contribution in [0.25, 0.3) is 11.4 Å². The number of aryl methyl sites for hydroxylation is 1. The number of carbonyl (C=O) groups is 1. The molecule has 27 heavy (non-hydrogen) atoms. The van der Waals surface area contributed by atoms with E-state index in [2.05, 4.69) is 44.7 Å². The van der Waals surface area contributed by atoms with E-state index >= 15 is 0 Å². The Morgan fingerprint density at radius 2 is 1.78 bits per heavy atom. The van der Waals surface area contributed by atoms with Gasteiger partial charge in [-0.05, 0) is 28.1 Å². The lowest BCUT2D eigenvalue weighted by Crippen LogP contribution is -2.48. The van der Waals surface area contributed by atoms with Gasteiger partial charge in [0.15, 0.2) is 5.82 Å². The summed E-state index contributed by atoms with van der Waals surface area (Å²) in [5.74, 6) is 0.712. The second-order valence-corrected chi connectivity index (χ2v) is 6.76. The number of benzene rings is 2. The van der Waals surface area contributed by atoms with E-state index in [9.17, 15) is 4.79 Å². The summed E-state index contributed by atoms with van der Waals surface area (Å²) >= 11 is 0. The van der Waals surface area contributed by atoms with Crippen molar-refractivity contribution in [1.82, 2.24) is 30.0 Å². The van der Waals surface area contributed by atoms with Gasteiger partial charge in [-0.3, -0.25) is 9.69 Å². The monoisotopic (exact) mass is 362 g/mol. The van der Waals surface area contributed by atoms with Crippen molar-refractivity contribution in [3.05, 3.63) is 65.7 Å². The predicted octanol–water partition coefficient (Wildman–Crippen LogP) is 1.84. The molecule has 1 aliphatic rings. The summed E-state index contributed by atoms with van der Waals surface area (Å²) in [6, 6.07) is 18.0. The van der Waals surface area contributed by atoms with Gasteiger partial charge < -0.3 is 4.90 Å². The molecule has 1 aromatic heterocycles. The molecule has 4 rings (SSSR count). The molecule has 2 aromatic carbocycles. The summed E-state index contributed by atoms with van der Waals surface area (Å²) < 4.78 is 1.60. The van der Waals surface area contributed by atoms with Crippen LogP contribution >= 0.6 is 0 Å². The number of aromatic nitrogens is 4. The van der Waals surface area contributed by atoms with Crippen LogP contribution < -0.4 is 0 Å². The molecule has 0 aliphatic carbocycles. The quantitative estimate of drug-likeness (QED) is 0.708. The highest BCUT2D eigenvalue weighted by atomic mass is 16.2. The van der Waals surface area contributed by atoms with E-state index in [0.717, 1.165) is 38.3 Å². The highest BCUT2D eigenvalue weighted by molar-refractivity contribution is 5.95. The Kier molecular flexibility index (Phi) is 4.93. The highest BCUT2D eigenvalue weighted by Gasteiger charge is 2.22. The fourth-order valence-electron chi connectivity index (χ4n) is 3.40. The van der Waals surface area contributed by atoms with Crippen LogP contribution in [0.15, 0.2) is 54.6 Å². The average molecular weight is 362 g/mol. The van der Waals surface area contributed by atoms with Crippen LogP contribution in [-0.2, 0) is 13.6 Å². The van der Waals surface area contributed by atoms with Crippen molar-refractivity contribution in [2.45, 2.75) is 6.54 Å². The molecule has 0 radical (unpaired) electrons. The molecule has 0 spiro atoms. The number of tetrazole rings is 1. The smallest absolute Gasteiger partial charge is 0.253 e. The minimum atomic E-state index is 0.0614. The Morgan fingerprint density at radius 1 is 1.00 bits per heavy atom. The Morgan fingerprint density at radius 3 is 2.48 bits per heavy atom. The topological polar surface area (TPSA) is 67.2 Å². The van der Waals surface area contributed by atoms with Gasteiger partial charge in [-0.2, -0.15) is 0 Å².